The first kappa shape index (κ1) is 13.1. The summed E-state index contributed by atoms with van der Waals surface area (Å²) < 4.78 is 5.27. The molecule has 2 aromatic carbocycles. The van der Waals surface area contributed by atoms with Crippen molar-refractivity contribution >= 4 is 22.9 Å². The molecule has 0 unspecified atom stereocenters. The monoisotopic (exact) mass is 278 g/mol. The average Bonchev–Trinajstić information content (AvgIpc) is 2.55. The van der Waals surface area contributed by atoms with Crippen molar-refractivity contribution in [1.29, 1.82) is 0 Å². The summed E-state index contributed by atoms with van der Waals surface area (Å²) in [7, 11) is 1.64. The van der Waals surface area contributed by atoms with Crippen LogP contribution in [0.25, 0.3) is 10.9 Å². The molecule has 0 fully saturated rings. The Hall–Kier alpha value is -2.95. The molecule has 0 saturated carbocycles. The summed E-state index contributed by atoms with van der Waals surface area (Å²) >= 11 is 0. The first-order chi connectivity index (χ1) is 10.4. The van der Waals surface area contributed by atoms with Crippen LogP contribution in [0.3, 0.4) is 0 Å². The first-order valence-electron chi connectivity index (χ1n) is 6.50. The van der Waals surface area contributed by atoms with Gasteiger partial charge in [-0.2, -0.15) is 5.10 Å². The standard InChI is InChI=1S/C16H14N4O/c1-21-15-9-5-2-6-12(15)10-19-20-16-13-7-3-4-8-14(13)17-11-18-16/h2-11H,1H3,(H,17,18,20). The average molecular weight is 278 g/mol. The van der Waals surface area contributed by atoms with Gasteiger partial charge in [-0.25, -0.2) is 9.97 Å². The minimum atomic E-state index is 0.673. The smallest absolute Gasteiger partial charge is 0.157 e. The van der Waals surface area contributed by atoms with Crippen LogP contribution in [0, 0.1) is 0 Å². The highest BCUT2D eigenvalue weighted by Crippen LogP contribution is 2.18. The number of aromatic nitrogens is 2. The van der Waals surface area contributed by atoms with Crippen LogP contribution in [0.2, 0.25) is 0 Å². The van der Waals surface area contributed by atoms with Crippen LogP contribution in [0.15, 0.2) is 60.0 Å². The second-order valence-electron chi connectivity index (χ2n) is 4.35. The highest BCUT2D eigenvalue weighted by atomic mass is 16.5. The molecule has 0 radical (unpaired) electrons. The summed E-state index contributed by atoms with van der Waals surface area (Å²) in [4.78, 5) is 8.43. The van der Waals surface area contributed by atoms with Crippen molar-refractivity contribution in [3.8, 4) is 5.75 Å². The topological polar surface area (TPSA) is 59.4 Å². The van der Waals surface area contributed by atoms with E-state index in [2.05, 4.69) is 20.5 Å². The molecule has 0 aliphatic carbocycles. The Balaban J connectivity index is 1.85. The number of nitrogens with one attached hydrogen (secondary N) is 1. The first-order valence-corrected chi connectivity index (χ1v) is 6.50. The summed E-state index contributed by atoms with van der Waals surface area (Å²) in [6.07, 6.45) is 3.22. The molecule has 0 aliphatic heterocycles. The molecule has 1 N–H and O–H groups in total. The number of hydrazone groups is 1. The lowest BCUT2D eigenvalue weighted by Gasteiger charge is -2.05. The van der Waals surface area contributed by atoms with E-state index in [4.69, 9.17) is 4.74 Å². The van der Waals surface area contributed by atoms with Crippen LogP contribution in [0.1, 0.15) is 5.56 Å². The van der Waals surface area contributed by atoms with E-state index in [1.54, 1.807) is 13.3 Å². The zero-order valence-corrected chi connectivity index (χ0v) is 11.5. The Kier molecular flexibility index (Phi) is 3.73. The fourth-order valence-corrected chi connectivity index (χ4v) is 2.03. The van der Waals surface area contributed by atoms with Gasteiger partial charge in [0.25, 0.3) is 0 Å². The van der Waals surface area contributed by atoms with Crippen LogP contribution >= 0.6 is 0 Å². The Morgan fingerprint density at radius 2 is 1.86 bits per heavy atom. The van der Waals surface area contributed by atoms with E-state index in [0.29, 0.717) is 5.82 Å². The fraction of sp³-hybridized carbons (Fsp3) is 0.0625. The Morgan fingerprint density at radius 3 is 2.76 bits per heavy atom. The molecule has 1 heterocycles. The van der Waals surface area contributed by atoms with Gasteiger partial charge in [-0.3, -0.25) is 5.43 Å². The van der Waals surface area contributed by atoms with E-state index in [1.807, 2.05) is 48.5 Å². The van der Waals surface area contributed by atoms with Crippen LogP contribution in [0.4, 0.5) is 5.82 Å². The lowest BCUT2D eigenvalue weighted by Crippen LogP contribution is -1.97. The van der Waals surface area contributed by atoms with Crippen molar-refractivity contribution in [3.63, 3.8) is 0 Å². The predicted molar refractivity (Wildman–Crippen MR) is 83.7 cm³/mol. The number of methoxy groups -OCH3 is 1. The maximum Gasteiger partial charge on any atom is 0.157 e. The number of anilines is 1. The SMILES string of the molecule is COc1ccccc1C=NNc1ncnc2ccccc12. The van der Waals surface area contributed by atoms with Gasteiger partial charge in [0.05, 0.1) is 18.8 Å². The van der Waals surface area contributed by atoms with Gasteiger partial charge in [0.1, 0.15) is 12.1 Å². The molecule has 5 nitrogen and oxygen atoms in total. The number of nitrogens with zero attached hydrogens (tertiary/aromatic N) is 3. The van der Waals surface area contributed by atoms with Gasteiger partial charge in [-0.15, -0.1) is 0 Å². The van der Waals surface area contributed by atoms with Crippen LogP contribution in [0.5, 0.6) is 5.75 Å². The number of hydrogen-bond acceptors (Lipinski definition) is 5. The van der Waals surface area contributed by atoms with Crippen molar-refractivity contribution in [1.82, 2.24) is 9.97 Å². The molecule has 104 valence electrons. The molecule has 5 heteroatoms. The predicted octanol–water partition coefficient (Wildman–Crippen LogP) is 3.08. The number of fused-ring (bicyclic) bond motifs is 1. The van der Waals surface area contributed by atoms with E-state index in [0.717, 1.165) is 22.2 Å². The quantitative estimate of drug-likeness (QED) is 0.588. The molecule has 0 atom stereocenters. The number of para-hydroxylation sites is 2. The van der Waals surface area contributed by atoms with Crippen molar-refractivity contribution in [2.45, 2.75) is 0 Å². The van der Waals surface area contributed by atoms with Gasteiger partial charge in [0, 0.05) is 10.9 Å². The second-order valence-corrected chi connectivity index (χ2v) is 4.35. The third kappa shape index (κ3) is 2.81. The van der Waals surface area contributed by atoms with Gasteiger partial charge in [-0.1, -0.05) is 24.3 Å². The summed E-state index contributed by atoms with van der Waals surface area (Å²) in [6, 6.07) is 15.5. The molecular formula is C16H14N4O. The lowest BCUT2D eigenvalue weighted by molar-refractivity contribution is 0.414. The van der Waals surface area contributed by atoms with E-state index in [9.17, 15) is 0 Å². The summed E-state index contributed by atoms with van der Waals surface area (Å²) in [6.45, 7) is 0. The summed E-state index contributed by atoms with van der Waals surface area (Å²) in [5.41, 5.74) is 4.72. The minimum Gasteiger partial charge on any atom is -0.496 e. The highest BCUT2D eigenvalue weighted by molar-refractivity contribution is 5.89. The van der Waals surface area contributed by atoms with E-state index >= 15 is 0 Å². The van der Waals surface area contributed by atoms with Gasteiger partial charge in [0.2, 0.25) is 0 Å². The van der Waals surface area contributed by atoms with Gasteiger partial charge >= 0.3 is 0 Å². The molecule has 1 aromatic heterocycles. The number of benzene rings is 2. The highest BCUT2D eigenvalue weighted by Gasteiger charge is 2.01. The third-order valence-corrected chi connectivity index (χ3v) is 3.06. The van der Waals surface area contributed by atoms with E-state index in [-0.39, 0.29) is 0 Å². The van der Waals surface area contributed by atoms with E-state index < -0.39 is 0 Å². The Labute approximate surface area is 122 Å². The van der Waals surface area contributed by atoms with Gasteiger partial charge in [-0.05, 0) is 24.3 Å². The summed E-state index contributed by atoms with van der Waals surface area (Å²) in [5, 5.41) is 5.15. The normalized spacial score (nSPS) is 10.9. The minimum absolute atomic E-state index is 0.673. The second kappa shape index (κ2) is 6.00. The van der Waals surface area contributed by atoms with Crippen LogP contribution < -0.4 is 10.2 Å². The van der Waals surface area contributed by atoms with Crippen molar-refractivity contribution < 1.29 is 4.74 Å². The van der Waals surface area contributed by atoms with Crippen molar-refractivity contribution in [2.24, 2.45) is 5.10 Å². The van der Waals surface area contributed by atoms with Crippen molar-refractivity contribution in [2.75, 3.05) is 12.5 Å². The maximum atomic E-state index is 5.27. The van der Waals surface area contributed by atoms with Gasteiger partial charge in [0.15, 0.2) is 5.82 Å². The number of ether oxygens (including phenoxy) is 1. The molecular weight excluding hydrogens is 264 g/mol. The molecule has 21 heavy (non-hydrogen) atoms. The third-order valence-electron chi connectivity index (χ3n) is 3.06. The molecule has 0 spiro atoms. The van der Waals surface area contributed by atoms with Crippen LogP contribution in [-0.4, -0.2) is 23.3 Å². The lowest BCUT2D eigenvalue weighted by atomic mass is 10.2. The van der Waals surface area contributed by atoms with Gasteiger partial charge < -0.3 is 4.74 Å². The largest absolute Gasteiger partial charge is 0.496 e. The zero-order chi connectivity index (χ0) is 14.5. The molecule has 3 aromatic rings. The molecule has 0 aliphatic rings. The zero-order valence-electron chi connectivity index (χ0n) is 11.5. The van der Waals surface area contributed by atoms with Crippen LogP contribution in [-0.2, 0) is 0 Å². The number of rotatable bonds is 4. The number of hydrogen-bond donors (Lipinski definition) is 1. The molecule has 0 bridgehead atoms. The maximum absolute atomic E-state index is 5.27. The molecule has 0 amide bonds. The van der Waals surface area contributed by atoms with Crippen molar-refractivity contribution in [3.05, 3.63) is 60.4 Å². The van der Waals surface area contributed by atoms with E-state index in [1.165, 1.54) is 6.33 Å². The molecule has 0 saturated heterocycles. The fourth-order valence-electron chi connectivity index (χ4n) is 2.03. The molecule has 3 rings (SSSR count). The Morgan fingerprint density at radius 1 is 1.05 bits per heavy atom. The Bertz CT molecular complexity index is 781. The summed E-state index contributed by atoms with van der Waals surface area (Å²) in [5.74, 6) is 1.45.